The zero-order valence-electron chi connectivity index (χ0n) is 19.1. The van der Waals surface area contributed by atoms with Crippen LogP contribution in [-0.2, 0) is 30.3 Å². The normalized spacial score (nSPS) is 16.6. The molecule has 1 atom stereocenters. The summed E-state index contributed by atoms with van der Waals surface area (Å²) in [6.45, 7) is 8.22. The van der Waals surface area contributed by atoms with Gasteiger partial charge < -0.3 is 9.30 Å². The minimum absolute atomic E-state index is 0.240. The van der Waals surface area contributed by atoms with Crippen molar-refractivity contribution in [2.24, 2.45) is 0 Å². The maximum Gasteiger partial charge on any atom is 0.419 e. The molecule has 0 aliphatic carbocycles. The Morgan fingerprint density at radius 3 is 2.48 bits per heavy atom. The van der Waals surface area contributed by atoms with Crippen molar-refractivity contribution in [2.75, 3.05) is 6.54 Å². The first-order chi connectivity index (χ1) is 15.3. The highest BCUT2D eigenvalue weighted by molar-refractivity contribution is 6.30. The summed E-state index contributed by atoms with van der Waals surface area (Å²) in [5, 5.41) is 0.287. The first-order valence-corrected chi connectivity index (χ1v) is 11.3. The van der Waals surface area contributed by atoms with Gasteiger partial charge in [0.05, 0.1) is 17.3 Å². The molecule has 5 nitrogen and oxygen atoms in total. The van der Waals surface area contributed by atoms with E-state index in [1.165, 1.54) is 6.07 Å². The highest BCUT2D eigenvalue weighted by Gasteiger charge is 2.37. The van der Waals surface area contributed by atoms with Crippen molar-refractivity contribution < 1.29 is 27.1 Å². The molecule has 1 aliphatic rings. The second kappa shape index (κ2) is 9.52. The summed E-state index contributed by atoms with van der Waals surface area (Å²) >= 11 is 6.48. The first-order valence-electron chi connectivity index (χ1n) is 10.9. The van der Waals surface area contributed by atoms with Crippen molar-refractivity contribution in [3.05, 3.63) is 51.8 Å². The van der Waals surface area contributed by atoms with Gasteiger partial charge in [-0.1, -0.05) is 24.6 Å². The summed E-state index contributed by atoms with van der Waals surface area (Å²) in [4.78, 5) is 19.0. The third kappa shape index (κ3) is 5.80. The first kappa shape index (κ1) is 25.3. The molecule has 1 aromatic carbocycles. The highest BCUT2D eigenvalue weighted by Crippen LogP contribution is 2.37. The maximum absolute atomic E-state index is 14.1. The molecule has 0 bridgehead atoms. The second-order valence-corrected chi connectivity index (χ2v) is 9.50. The molecule has 10 heteroatoms. The molecule has 1 unspecified atom stereocenters. The van der Waals surface area contributed by atoms with E-state index >= 15 is 0 Å². The fraction of sp³-hybridized carbons (Fsp3) is 0.565. The Bertz CT molecular complexity index is 1010. The van der Waals surface area contributed by atoms with Crippen molar-refractivity contribution in [2.45, 2.75) is 77.7 Å². The smallest absolute Gasteiger partial charge is 0.419 e. The van der Waals surface area contributed by atoms with Crippen LogP contribution in [0.3, 0.4) is 0 Å². The Labute approximate surface area is 195 Å². The lowest BCUT2D eigenvalue weighted by Crippen LogP contribution is -2.45. The number of alkyl halides is 3. The predicted octanol–water partition coefficient (Wildman–Crippen LogP) is 6.57. The topological polar surface area (TPSA) is 47.4 Å². The third-order valence-corrected chi connectivity index (χ3v) is 5.72. The number of amides is 1. The number of aromatic nitrogens is 2. The van der Waals surface area contributed by atoms with Gasteiger partial charge in [0.15, 0.2) is 5.15 Å². The van der Waals surface area contributed by atoms with E-state index in [-0.39, 0.29) is 11.6 Å². The highest BCUT2D eigenvalue weighted by atomic mass is 35.5. The van der Waals surface area contributed by atoms with Gasteiger partial charge in [-0.2, -0.15) is 13.2 Å². The number of carbonyl (C=O) groups excluding carboxylic acids is 1. The van der Waals surface area contributed by atoms with Crippen molar-refractivity contribution in [3.63, 3.8) is 0 Å². The van der Waals surface area contributed by atoms with Crippen LogP contribution in [0.15, 0.2) is 18.2 Å². The van der Waals surface area contributed by atoms with Crippen molar-refractivity contribution in [1.29, 1.82) is 0 Å². The van der Waals surface area contributed by atoms with Crippen LogP contribution in [0.5, 0.6) is 0 Å². The molecule has 2 aromatic rings. The Kier molecular flexibility index (Phi) is 7.31. The summed E-state index contributed by atoms with van der Waals surface area (Å²) in [5.41, 5.74) is -0.937. The predicted molar refractivity (Wildman–Crippen MR) is 117 cm³/mol. The minimum Gasteiger partial charge on any atom is -0.444 e. The average Bonchev–Trinajstić information content (AvgIpc) is 3.00. The number of halogens is 5. The fourth-order valence-electron chi connectivity index (χ4n) is 4.05. The maximum atomic E-state index is 14.1. The molecule has 33 heavy (non-hydrogen) atoms. The number of benzene rings is 1. The van der Waals surface area contributed by atoms with Gasteiger partial charge in [0.25, 0.3) is 0 Å². The molecule has 3 rings (SSSR count). The molecule has 2 heterocycles. The average molecular weight is 490 g/mol. The van der Waals surface area contributed by atoms with E-state index in [0.717, 1.165) is 30.8 Å². The van der Waals surface area contributed by atoms with Gasteiger partial charge >= 0.3 is 12.3 Å². The Morgan fingerprint density at radius 2 is 1.91 bits per heavy atom. The number of rotatable bonds is 5. The van der Waals surface area contributed by atoms with Crippen LogP contribution in [0.4, 0.5) is 22.4 Å². The number of hydrogen-bond donors (Lipinski definition) is 0. The van der Waals surface area contributed by atoms with E-state index in [1.807, 2.05) is 11.5 Å². The van der Waals surface area contributed by atoms with Gasteiger partial charge in [0.1, 0.15) is 17.2 Å². The van der Waals surface area contributed by atoms with Crippen LogP contribution in [0.1, 0.15) is 69.2 Å². The van der Waals surface area contributed by atoms with Crippen LogP contribution in [-0.4, -0.2) is 32.7 Å². The zero-order chi connectivity index (χ0) is 24.6. The number of imidazole rings is 1. The minimum atomic E-state index is -4.75. The lowest BCUT2D eigenvalue weighted by molar-refractivity contribution is -0.140. The molecular weight excluding hydrogens is 462 g/mol. The molecule has 1 aliphatic heterocycles. The molecule has 1 amide bonds. The molecule has 0 spiro atoms. The fourth-order valence-corrected chi connectivity index (χ4v) is 4.38. The molecular formula is C23H28ClF4N3O2. The molecule has 182 valence electrons. The van der Waals surface area contributed by atoms with Gasteiger partial charge in [-0.25, -0.2) is 14.2 Å². The number of hydrogen-bond acceptors (Lipinski definition) is 3. The molecule has 0 N–H and O–H groups in total. The van der Waals surface area contributed by atoms with Gasteiger partial charge in [-0.3, -0.25) is 4.90 Å². The van der Waals surface area contributed by atoms with Gasteiger partial charge in [0.2, 0.25) is 0 Å². The van der Waals surface area contributed by atoms with E-state index in [1.54, 1.807) is 25.7 Å². The number of aryl methyl sites for hydroxylation is 2. The summed E-state index contributed by atoms with van der Waals surface area (Å²) < 4.78 is 60.3. The quantitative estimate of drug-likeness (QED) is 0.446. The number of ether oxygens (including phenoxy) is 1. The van der Waals surface area contributed by atoms with Crippen molar-refractivity contribution in [1.82, 2.24) is 14.5 Å². The van der Waals surface area contributed by atoms with Crippen LogP contribution in [0, 0.1) is 5.82 Å². The van der Waals surface area contributed by atoms with Gasteiger partial charge in [-0.15, -0.1) is 0 Å². The van der Waals surface area contributed by atoms with E-state index in [9.17, 15) is 22.4 Å². The molecule has 1 aromatic heterocycles. The van der Waals surface area contributed by atoms with Crippen molar-refractivity contribution in [3.8, 4) is 0 Å². The lowest BCUT2D eigenvalue weighted by atomic mass is 9.99. The summed E-state index contributed by atoms with van der Waals surface area (Å²) in [6.07, 6.45) is -3.10. The van der Waals surface area contributed by atoms with Gasteiger partial charge in [-0.05, 0) is 57.7 Å². The monoisotopic (exact) mass is 489 g/mol. The summed E-state index contributed by atoms with van der Waals surface area (Å²) in [7, 11) is 0. The lowest BCUT2D eigenvalue weighted by Gasteiger charge is -2.38. The Balaban J connectivity index is 1.91. The number of nitrogens with zero attached hydrogens (tertiary/aromatic N) is 3. The Morgan fingerprint density at radius 1 is 1.21 bits per heavy atom. The molecule has 0 radical (unpaired) electrons. The summed E-state index contributed by atoms with van der Waals surface area (Å²) in [5.74, 6) is -0.493. The standard InChI is InChI=1S/C23H28ClF4N3O2/c1-5-6-18-29-20(24)19-17(30(11-12-31(18)19)21(32)33-22(2,3)4)10-8-14-7-9-15(16(25)13-14)23(26,27)28/h7,9,13,17H,5-6,8,10-12H2,1-4H3. The van der Waals surface area contributed by atoms with E-state index in [2.05, 4.69) is 4.98 Å². The molecule has 0 saturated carbocycles. The Hall–Kier alpha value is -2.29. The third-order valence-electron chi connectivity index (χ3n) is 5.44. The number of fused-ring (bicyclic) bond motifs is 1. The van der Waals surface area contributed by atoms with Crippen LogP contribution in [0.2, 0.25) is 5.15 Å². The SMILES string of the molecule is CCCc1nc(Cl)c2n1CCN(C(=O)OC(C)(C)C)C2CCc1ccc(C(F)(F)F)c(F)c1. The summed E-state index contributed by atoms with van der Waals surface area (Å²) in [6, 6.07) is 2.39. The second-order valence-electron chi connectivity index (χ2n) is 9.15. The molecule has 0 fully saturated rings. The van der Waals surface area contributed by atoms with Crippen LogP contribution >= 0.6 is 11.6 Å². The van der Waals surface area contributed by atoms with Crippen LogP contribution in [0.25, 0.3) is 0 Å². The van der Waals surface area contributed by atoms with Crippen LogP contribution < -0.4 is 0 Å². The van der Waals surface area contributed by atoms with Gasteiger partial charge in [0, 0.05) is 19.5 Å². The largest absolute Gasteiger partial charge is 0.444 e. The van der Waals surface area contributed by atoms with E-state index < -0.39 is 35.3 Å². The van der Waals surface area contributed by atoms with E-state index in [4.69, 9.17) is 16.3 Å². The zero-order valence-corrected chi connectivity index (χ0v) is 19.9. The van der Waals surface area contributed by atoms with Crippen molar-refractivity contribution >= 4 is 17.7 Å². The number of carbonyl (C=O) groups is 1. The molecule has 0 saturated heterocycles. The van der Waals surface area contributed by atoms with E-state index in [0.29, 0.717) is 30.8 Å².